The number of aliphatic carboxylic acids is 1. The Morgan fingerprint density at radius 1 is 1.47 bits per heavy atom. The van der Waals surface area contributed by atoms with E-state index < -0.39 is 17.8 Å². The molecule has 80 valence electrons. The standard InChI is InChI=1S/C10H11NO4/c1-5-2-3-8(15-5)11-9(12)6-4-7(6)10(13)14/h2-3,6-7H,4H2,1H3,(H,11,12)(H,13,14). The van der Waals surface area contributed by atoms with Crippen molar-refractivity contribution in [3.8, 4) is 0 Å². The molecule has 2 atom stereocenters. The number of carboxylic acids is 1. The van der Waals surface area contributed by atoms with Crippen LogP contribution in [0.2, 0.25) is 0 Å². The van der Waals surface area contributed by atoms with E-state index in [9.17, 15) is 9.59 Å². The fraction of sp³-hybridized carbons (Fsp3) is 0.400. The predicted octanol–water partition coefficient (Wildman–Crippen LogP) is 1.25. The Morgan fingerprint density at radius 2 is 2.20 bits per heavy atom. The normalized spacial score (nSPS) is 23.5. The molecule has 1 saturated carbocycles. The van der Waals surface area contributed by atoms with Gasteiger partial charge in [-0.3, -0.25) is 14.9 Å². The summed E-state index contributed by atoms with van der Waals surface area (Å²) >= 11 is 0. The van der Waals surface area contributed by atoms with E-state index >= 15 is 0 Å². The van der Waals surface area contributed by atoms with Crippen molar-refractivity contribution in [1.82, 2.24) is 0 Å². The Hall–Kier alpha value is -1.78. The molecular weight excluding hydrogens is 198 g/mol. The molecule has 0 saturated heterocycles. The minimum absolute atomic E-state index is 0.281. The SMILES string of the molecule is Cc1ccc(NC(=O)C2CC2C(=O)O)o1. The van der Waals surface area contributed by atoms with Gasteiger partial charge in [-0.2, -0.15) is 0 Å². The second kappa shape index (κ2) is 3.42. The quantitative estimate of drug-likeness (QED) is 0.785. The lowest BCUT2D eigenvalue weighted by atomic mass is 10.3. The zero-order valence-corrected chi connectivity index (χ0v) is 8.19. The van der Waals surface area contributed by atoms with Crippen LogP contribution >= 0.6 is 0 Å². The van der Waals surface area contributed by atoms with Crippen molar-refractivity contribution in [2.75, 3.05) is 5.32 Å². The van der Waals surface area contributed by atoms with Gasteiger partial charge in [-0.05, 0) is 19.4 Å². The van der Waals surface area contributed by atoms with Crippen LogP contribution in [0.5, 0.6) is 0 Å². The van der Waals surface area contributed by atoms with Crippen LogP contribution in [0.15, 0.2) is 16.5 Å². The molecule has 0 bridgehead atoms. The first-order valence-corrected chi connectivity index (χ1v) is 4.68. The van der Waals surface area contributed by atoms with Crippen LogP contribution in [-0.4, -0.2) is 17.0 Å². The van der Waals surface area contributed by atoms with E-state index in [4.69, 9.17) is 9.52 Å². The molecule has 1 aromatic rings. The first-order valence-electron chi connectivity index (χ1n) is 4.68. The fourth-order valence-electron chi connectivity index (χ4n) is 1.47. The number of aryl methyl sites for hydroxylation is 1. The minimum atomic E-state index is -0.911. The van der Waals surface area contributed by atoms with Gasteiger partial charge in [0.15, 0.2) is 5.88 Å². The minimum Gasteiger partial charge on any atom is -0.481 e. The zero-order chi connectivity index (χ0) is 11.0. The third kappa shape index (κ3) is 2.01. The summed E-state index contributed by atoms with van der Waals surface area (Å²) in [6.45, 7) is 1.77. The van der Waals surface area contributed by atoms with E-state index in [2.05, 4.69) is 5.32 Å². The molecule has 0 aromatic carbocycles. The lowest BCUT2D eigenvalue weighted by Gasteiger charge is -1.99. The molecule has 0 spiro atoms. The topological polar surface area (TPSA) is 79.5 Å². The summed E-state index contributed by atoms with van der Waals surface area (Å²) in [4.78, 5) is 22.0. The molecule has 1 fully saturated rings. The fourth-order valence-corrected chi connectivity index (χ4v) is 1.47. The van der Waals surface area contributed by atoms with E-state index in [1.807, 2.05) is 0 Å². The zero-order valence-electron chi connectivity index (χ0n) is 8.19. The van der Waals surface area contributed by atoms with Crippen molar-refractivity contribution in [2.45, 2.75) is 13.3 Å². The van der Waals surface area contributed by atoms with E-state index in [1.165, 1.54) is 0 Å². The molecule has 2 N–H and O–H groups in total. The van der Waals surface area contributed by atoms with Crippen LogP contribution < -0.4 is 5.32 Å². The van der Waals surface area contributed by atoms with Gasteiger partial charge in [0.25, 0.3) is 0 Å². The van der Waals surface area contributed by atoms with Gasteiger partial charge < -0.3 is 9.52 Å². The molecule has 2 unspecified atom stereocenters. The lowest BCUT2D eigenvalue weighted by molar-refractivity contribution is -0.139. The molecule has 1 aliphatic carbocycles. The third-order valence-electron chi connectivity index (χ3n) is 2.43. The van der Waals surface area contributed by atoms with E-state index in [-0.39, 0.29) is 5.91 Å². The number of rotatable bonds is 3. The van der Waals surface area contributed by atoms with Crippen LogP contribution in [0.1, 0.15) is 12.2 Å². The summed E-state index contributed by atoms with van der Waals surface area (Å²) in [5, 5.41) is 11.2. The Morgan fingerprint density at radius 3 is 2.67 bits per heavy atom. The van der Waals surface area contributed by atoms with Crippen molar-refractivity contribution < 1.29 is 19.1 Å². The van der Waals surface area contributed by atoms with E-state index in [1.54, 1.807) is 19.1 Å². The summed E-state index contributed by atoms with van der Waals surface area (Å²) in [7, 11) is 0. The summed E-state index contributed by atoms with van der Waals surface area (Å²) in [6.07, 6.45) is 0.418. The first kappa shape index (κ1) is 9.76. The predicted molar refractivity (Wildman–Crippen MR) is 51.3 cm³/mol. The number of hydrogen-bond donors (Lipinski definition) is 2. The summed E-state index contributed by atoms with van der Waals surface area (Å²) in [5.41, 5.74) is 0. The van der Waals surface area contributed by atoms with Gasteiger partial charge in [-0.1, -0.05) is 0 Å². The second-order valence-electron chi connectivity index (χ2n) is 3.69. The highest BCUT2D eigenvalue weighted by Gasteiger charge is 2.48. The maximum absolute atomic E-state index is 11.5. The molecule has 1 amide bonds. The Labute approximate surface area is 86.1 Å². The number of carbonyl (C=O) groups is 2. The molecule has 0 radical (unpaired) electrons. The molecular formula is C10H11NO4. The third-order valence-corrected chi connectivity index (χ3v) is 2.43. The summed E-state index contributed by atoms with van der Waals surface area (Å²) in [5.74, 6) is -1.05. The van der Waals surface area contributed by atoms with Crippen molar-refractivity contribution in [3.05, 3.63) is 17.9 Å². The second-order valence-corrected chi connectivity index (χ2v) is 3.69. The number of carbonyl (C=O) groups excluding carboxylic acids is 1. The maximum atomic E-state index is 11.5. The van der Waals surface area contributed by atoms with Gasteiger partial charge in [-0.25, -0.2) is 0 Å². The molecule has 5 heteroatoms. The number of amides is 1. The van der Waals surface area contributed by atoms with Gasteiger partial charge in [0.2, 0.25) is 5.91 Å². The monoisotopic (exact) mass is 209 g/mol. The van der Waals surface area contributed by atoms with Crippen LogP contribution in [0.3, 0.4) is 0 Å². The molecule has 0 aliphatic heterocycles. The molecule has 1 heterocycles. The maximum Gasteiger partial charge on any atom is 0.307 e. The average molecular weight is 209 g/mol. The van der Waals surface area contributed by atoms with Gasteiger partial charge in [0.05, 0.1) is 11.8 Å². The molecule has 2 rings (SSSR count). The van der Waals surface area contributed by atoms with Gasteiger partial charge >= 0.3 is 5.97 Å². The Kier molecular flexibility index (Phi) is 2.22. The molecule has 15 heavy (non-hydrogen) atoms. The van der Waals surface area contributed by atoms with Crippen molar-refractivity contribution in [2.24, 2.45) is 11.8 Å². The molecule has 1 aromatic heterocycles. The average Bonchev–Trinajstić information content (AvgIpc) is 2.86. The van der Waals surface area contributed by atoms with Crippen LogP contribution in [0, 0.1) is 18.8 Å². The lowest BCUT2D eigenvalue weighted by Crippen LogP contribution is -2.16. The van der Waals surface area contributed by atoms with Crippen LogP contribution in [0.4, 0.5) is 5.88 Å². The van der Waals surface area contributed by atoms with Crippen molar-refractivity contribution >= 4 is 17.8 Å². The van der Waals surface area contributed by atoms with E-state index in [0.717, 1.165) is 0 Å². The number of furan rings is 1. The Balaban J connectivity index is 1.92. The highest BCUT2D eigenvalue weighted by molar-refractivity contribution is 5.97. The first-order chi connectivity index (χ1) is 7.08. The number of carboxylic acid groups (broad SMARTS) is 1. The van der Waals surface area contributed by atoms with Crippen molar-refractivity contribution in [1.29, 1.82) is 0 Å². The van der Waals surface area contributed by atoms with Gasteiger partial charge in [0.1, 0.15) is 5.76 Å². The van der Waals surface area contributed by atoms with E-state index in [0.29, 0.717) is 18.1 Å². The van der Waals surface area contributed by atoms with Crippen LogP contribution in [0.25, 0.3) is 0 Å². The number of nitrogens with one attached hydrogen (secondary N) is 1. The van der Waals surface area contributed by atoms with Gasteiger partial charge in [0, 0.05) is 6.07 Å². The largest absolute Gasteiger partial charge is 0.481 e. The number of hydrogen-bond acceptors (Lipinski definition) is 3. The van der Waals surface area contributed by atoms with Crippen LogP contribution in [-0.2, 0) is 9.59 Å². The summed E-state index contributed by atoms with van der Waals surface area (Å²) in [6, 6.07) is 3.38. The highest BCUT2D eigenvalue weighted by atomic mass is 16.4. The summed E-state index contributed by atoms with van der Waals surface area (Å²) < 4.78 is 5.15. The van der Waals surface area contributed by atoms with Gasteiger partial charge in [-0.15, -0.1) is 0 Å². The smallest absolute Gasteiger partial charge is 0.307 e. The van der Waals surface area contributed by atoms with Crippen molar-refractivity contribution in [3.63, 3.8) is 0 Å². The molecule has 5 nitrogen and oxygen atoms in total. The molecule has 1 aliphatic rings. The number of anilines is 1. The Bertz CT molecular complexity index is 409. The highest BCUT2D eigenvalue weighted by Crippen LogP contribution is 2.39.